The molecular formula is C20H22F6N6O4. The maximum absolute atomic E-state index is 10.6. The monoisotopic (exact) mass is 524 g/mol. The average Bonchev–Trinajstić information content (AvgIpc) is 3.23. The Hall–Kier alpha value is -3.72. The minimum Gasteiger partial charge on any atom is -0.475 e. The van der Waals surface area contributed by atoms with E-state index < -0.39 is 24.3 Å². The van der Waals surface area contributed by atoms with Crippen molar-refractivity contribution in [2.45, 2.75) is 31.6 Å². The highest BCUT2D eigenvalue weighted by atomic mass is 19.4. The third-order valence-corrected chi connectivity index (χ3v) is 5.25. The van der Waals surface area contributed by atoms with Crippen LogP contribution in [0.4, 0.5) is 38.2 Å². The van der Waals surface area contributed by atoms with E-state index in [2.05, 4.69) is 29.7 Å². The zero-order valence-corrected chi connectivity index (χ0v) is 18.6. The summed E-state index contributed by atoms with van der Waals surface area (Å²) in [5.74, 6) is -3.80. The standard InChI is InChI=1S/C16H20N6.2C2HF3O2/c1-4-16(12-21(10-1)14-17-6-2-7-18-14)5-11-22(13-16)15-19-8-3-9-20-15;2*3-2(4,5)1(6)7/h2-3,6-9H,1,4-5,10-13H2;2*(H,6,7). The molecule has 36 heavy (non-hydrogen) atoms. The first-order chi connectivity index (χ1) is 16.7. The molecule has 2 aliphatic heterocycles. The summed E-state index contributed by atoms with van der Waals surface area (Å²) in [6.45, 7) is 4.14. The molecule has 0 saturated carbocycles. The third kappa shape index (κ3) is 8.49. The maximum Gasteiger partial charge on any atom is 0.490 e. The summed E-state index contributed by atoms with van der Waals surface area (Å²) in [7, 11) is 0. The minimum absolute atomic E-state index is 0.316. The number of carboxylic acids is 2. The van der Waals surface area contributed by atoms with Crippen LogP contribution >= 0.6 is 0 Å². The molecular weight excluding hydrogens is 502 g/mol. The van der Waals surface area contributed by atoms with Gasteiger partial charge in [-0.1, -0.05) is 0 Å². The summed E-state index contributed by atoms with van der Waals surface area (Å²) < 4.78 is 63.5. The molecule has 2 N–H and O–H groups in total. The molecule has 4 rings (SSSR count). The van der Waals surface area contributed by atoms with Crippen LogP contribution in [-0.2, 0) is 9.59 Å². The van der Waals surface area contributed by atoms with Crippen molar-refractivity contribution in [1.82, 2.24) is 19.9 Å². The number of rotatable bonds is 2. The molecule has 1 unspecified atom stereocenters. The highest BCUT2D eigenvalue weighted by Crippen LogP contribution is 2.40. The summed E-state index contributed by atoms with van der Waals surface area (Å²) in [6.07, 6.45) is 0.761. The second-order valence-electron chi connectivity index (χ2n) is 7.90. The summed E-state index contributed by atoms with van der Waals surface area (Å²) in [4.78, 5) is 40.0. The minimum atomic E-state index is -5.08. The molecule has 2 aromatic heterocycles. The lowest BCUT2D eigenvalue weighted by atomic mass is 9.79. The maximum atomic E-state index is 10.6. The van der Waals surface area contributed by atoms with Gasteiger partial charge in [-0.3, -0.25) is 0 Å². The van der Waals surface area contributed by atoms with Crippen molar-refractivity contribution in [2.75, 3.05) is 36.0 Å². The van der Waals surface area contributed by atoms with E-state index in [0.29, 0.717) is 5.41 Å². The van der Waals surface area contributed by atoms with Gasteiger partial charge in [0, 0.05) is 56.4 Å². The van der Waals surface area contributed by atoms with Gasteiger partial charge in [-0.05, 0) is 31.4 Å². The predicted octanol–water partition coefficient (Wildman–Crippen LogP) is 3.03. The molecule has 2 aromatic rings. The Labute approximate surface area is 200 Å². The Morgan fingerprint density at radius 1 is 0.722 bits per heavy atom. The molecule has 16 heteroatoms. The largest absolute Gasteiger partial charge is 0.490 e. The first-order valence-electron chi connectivity index (χ1n) is 10.4. The normalized spacial score (nSPS) is 19.6. The van der Waals surface area contributed by atoms with Gasteiger partial charge in [-0.25, -0.2) is 29.5 Å². The molecule has 1 atom stereocenters. The van der Waals surface area contributed by atoms with E-state index in [4.69, 9.17) is 19.8 Å². The van der Waals surface area contributed by atoms with E-state index in [1.165, 1.54) is 19.3 Å². The Morgan fingerprint density at radius 2 is 1.08 bits per heavy atom. The number of anilines is 2. The number of aromatic nitrogens is 4. The molecule has 198 valence electrons. The van der Waals surface area contributed by atoms with Crippen molar-refractivity contribution in [3.63, 3.8) is 0 Å². The van der Waals surface area contributed by atoms with Crippen LogP contribution in [0.1, 0.15) is 19.3 Å². The van der Waals surface area contributed by atoms with Crippen molar-refractivity contribution < 1.29 is 46.1 Å². The zero-order chi connectivity index (χ0) is 27.0. The third-order valence-electron chi connectivity index (χ3n) is 5.25. The molecule has 2 aliphatic rings. The Bertz CT molecular complexity index is 972. The molecule has 10 nitrogen and oxygen atoms in total. The average molecular weight is 524 g/mol. The predicted molar refractivity (Wildman–Crippen MR) is 112 cm³/mol. The van der Waals surface area contributed by atoms with E-state index in [1.807, 2.05) is 36.9 Å². The van der Waals surface area contributed by atoms with Crippen LogP contribution < -0.4 is 9.80 Å². The van der Waals surface area contributed by atoms with Crippen molar-refractivity contribution in [2.24, 2.45) is 5.41 Å². The fraction of sp³-hybridized carbons (Fsp3) is 0.500. The van der Waals surface area contributed by atoms with Crippen LogP contribution in [0, 0.1) is 5.41 Å². The highest BCUT2D eigenvalue weighted by Gasteiger charge is 2.42. The van der Waals surface area contributed by atoms with Crippen molar-refractivity contribution in [1.29, 1.82) is 0 Å². The van der Waals surface area contributed by atoms with Crippen molar-refractivity contribution in [3.8, 4) is 0 Å². The van der Waals surface area contributed by atoms with Crippen LogP contribution in [-0.4, -0.2) is 80.6 Å². The van der Waals surface area contributed by atoms with E-state index in [1.54, 1.807) is 0 Å². The second kappa shape index (κ2) is 11.8. The smallest absolute Gasteiger partial charge is 0.475 e. The number of alkyl halides is 6. The summed E-state index contributed by atoms with van der Waals surface area (Å²) in [5, 5.41) is 14.2. The number of carboxylic acid groups (broad SMARTS) is 2. The van der Waals surface area contributed by atoms with E-state index >= 15 is 0 Å². The number of hydrogen-bond acceptors (Lipinski definition) is 8. The Kier molecular flexibility index (Phi) is 9.35. The van der Waals surface area contributed by atoms with Gasteiger partial charge in [0.05, 0.1) is 0 Å². The van der Waals surface area contributed by atoms with Gasteiger partial charge in [0.1, 0.15) is 0 Å². The highest BCUT2D eigenvalue weighted by molar-refractivity contribution is 5.73. The lowest BCUT2D eigenvalue weighted by Gasteiger charge is -2.40. The summed E-state index contributed by atoms with van der Waals surface area (Å²) in [6, 6.07) is 3.73. The van der Waals surface area contributed by atoms with Crippen LogP contribution in [0.5, 0.6) is 0 Å². The fourth-order valence-corrected chi connectivity index (χ4v) is 3.73. The molecule has 0 bridgehead atoms. The molecule has 4 heterocycles. The number of halogens is 6. The lowest BCUT2D eigenvalue weighted by Crippen LogP contribution is -2.45. The second-order valence-corrected chi connectivity index (χ2v) is 7.90. The lowest BCUT2D eigenvalue weighted by molar-refractivity contribution is -0.193. The quantitative estimate of drug-likeness (QED) is 0.565. The SMILES string of the molecule is O=C(O)C(F)(F)F.O=C(O)C(F)(F)F.c1cnc(N2CCCC3(CCN(c4ncccn4)C3)C2)nc1. The number of hydrogen-bond donors (Lipinski definition) is 2. The first-order valence-corrected chi connectivity index (χ1v) is 10.4. The molecule has 0 aromatic carbocycles. The number of aliphatic carboxylic acids is 2. The summed E-state index contributed by atoms with van der Waals surface area (Å²) in [5.41, 5.74) is 0.316. The van der Waals surface area contributed by atoms with Gasteiger partial charge in [-0.2, -0.15) is 26.3 Å². The van der Waals surface area contributed by atoms with Gasteiger partial charge in [0.2, 0.25) is 11.9 Å². The van der Waals surface area contributed by atoms with Crippen LogP contribution in [0.2, 0.25) is 0 Å². The Morgan fingerprint density at radius 3 is 1.44 bits per heavy atom. The number of nitrogens with zero attached hydrogens (tertiary/aromatic N) is 6. The van der Waals surface area contributed by atoms with Gasteiger partial charge in [-0.15, -0.1) is 0 Å². The fourth-order valence-electron chi connectivity index (χ4n) is 3.73. The molecule has 0 amide bonds. The topological polar surface area (TPSA) is 133 Å². The molecule has 2 saturated heterocycles. The van der Waals surface area contributed by atoms with Crippen molar-refractivity contribution in [3.05, 3.63) is 36.9 Å². The van der Waals surface area contributed by atoms with Crippen LogP contribution in [0.3, 0.4) is 0 Å². The van der Waals surface area contributed by atoms with Crippen LogP contribution in [0.15, 0.2) is 36.9 Å². The van der Waals surface area contributed by atoms with Gasteiger partial charge in [0.25, 0.3) is 0 Å². The van der Waals surface area contributed by atoms with Crippen LogP contribution in [0.25, 0.3) is 0 Å². The molecule has 2 fully saturated rings. The van der Waals surface area contributed by atoms with E-state index in [0.717, 1.165) is 38.1 Å². The summed E-state index contributed by atoms with van der Waals surface area (Å²) >= 11 is 0. The van der Waals surface area contributed by atoms with E-state index in [9.17, 15) is 26.3 Å². The molecule has 0 radical (unpaired) electrons. The number of carbonyl (C=O) groups is 2. The Balaban J connectivity index is 0.000000271. The van der Waals surface area contributed by atoms with E-state index in [-0.39, 0.29) is 0 Å². The molecule has 1 spiro atoms. The molecule has 0 aliphatic carbocycles. The zero-order valence-electron chi connectivity index (χ0n) is 18.6. The first kappa shape index (κ1) is 28.5. The van der Waals surface area contributed by atoms with Crippen molar-refractivity contribution >= 4 is 23.8 Å². The van der Waals surface area contributed by atoms with Gasteiger partial charge < -0.3 is 20.0 Å². The number of piperidine rings is 1. The van der Waals surface area contributed by atoms with Gasteiger partial charge >= 0.3 is 24.3 Å². The van der Waals surface area contributed by atoms with Gasteiger partial charge in [0.15, 0.2) is 0 Å².